The molecule has 0 spiro atoms. The molecule has 73 heavy (non-hydrogen) atoms. The standard InChI is InChI=1S/C40H68N2O31/c1-9(48)41-17-23(54)31(70-38-28(59)25(56)19(50)12(4-44)65-38)14(6-46)67-36(17)63-8-16-22(53)33(30(61)40(69-16)73-34-27(58)21(52)11(3-43)64-35(34)62)72-37-18(42-10(2)49)24(55)32(15(7-47)68-37)71-39-29(60)26(57)20(51)13(5-45)66-39/h11-40,43-47,50-62H,3-8H2,1-2H3,(H,41,48)(H,42,49)/t11-,12-,13-,14-,15-,16-,17-,18-,19+,20+,21-,22-,23-,24-,25+,26+,27+,28-,29-,30+,31-,32-,33+,34+,35?,36-,37+,38+,39+,40-/m1/s1. The largest absolute Gasteiger partial charge is 0.394 e. The van der Waals surface area contributed by atoms with Gasteiger partial charge < -0.3 is 155 Å². The number of hydrogen-bond donors (Lipinski definition) is 20. The summed E-state index contributed by atoms with van der Waals surface area (Å²) in [5.41, 5.74) is 0. The SMILES string of the molecule is CC(=O)N[C@H]1[C@H](OC[C@H]2O[C@H](O[C@@H]3C(O)O[C@H](CO)[C@@H](O)[C@@H]3O)[C@@H](O)[C@@H](O[C@@H]3O[C@H](CO)[C@@H](O[C@@H]4O[C@H](CO)[C@H](O)[C@H](O)[C@H]4O)[C@H](O)[C@H]3NC(C)=O)[C@@H]2O)O[C@H](CO)[C@@H](O[C@@H]2O[C@H](CO)[C@H](O)[C@H](O)[C@H]2O)[C@@H]1O. The number of aliphatic hydroxyl groups is 18. The van der Waals surface area contributed by atoms with Crippen molar-refractivity contribution < 1.29 is 154 Å². The Bertz CT molecular complexity index is 1750. The average molecular weight is 1070 g/mol. The van der Waals surface area contributed by atoms with Crippen LogP contribution in [0.3, 0.4) is 0 Å². The molecule has 33 nitrogen and oxygen atoms in total. The molecule has 6 saturated heterocycles. The fourth-order valence-electron chi connectivity index (χ4n) is 9.21. The van der Waals surface area contributed by atoms with E-state index in [1.807, 2.05) is 0 Å². The molecule has 0 aromatic heterocycles. The summed E-state index contributed by atoms with van der Waals surface area (Å²) < 4.78 is 62.5. The van der Waals surface area contributed by atoms with Crippen LogP contribution in [0.15, 0.2) is 0 Å². The molecule has 6 aliphatic rings. The first kappa shape index (κ1) is 60.0. The maximum atomic E-state index is 12.6. The normalized spacial score (nSPS) is 49.8. The van der Waals surface area contributed by atoms with Gasteiger partial charge in [0.25, 0.3) is 0 Å². The monoisotopic (exact) mass is 1070 g/mol. The number of ether oxygens (including phenoxy) is 11. The second kappa shape index (κ2) is 26.0. The van der Waals surface area contributed by atoms with Crippen LogP contribution in [0.25, 0.3) is 0 Å². The maximum Gasteiger partial charge on any atom is 0.217 e. The molecular weight excluding hydrogens is 1000 g/mol. The number of carbonyl (C=O) groups is 2. The third kappa shape index (κ3) is 13.0. The molecule has 6 heterocycles. The molecule has 30 atom stereocenters. The summed E-state index contributed by atoms with van der Waals surface area (Å²) >= 11 is 0. The molecular formula is C40H68N2O31. The number of carbonyl (C=O) groups excluding carboxylic acids is 2. The molecule has 0 aliphatic carbocycles. The van der Waals surface area contributed by atoms with Crippen LogP contribution in [0.4, 0.5) is 0 Å². The van der Waals surface area contributed by atoms with Crippen molar-refractivity contribution in [2.45, 2.75) is 198 Å². The number of hydrogen-bond acceptors (Lipinski definition) is 31. The molecule has 33 heteroatoms. The highest BCUT2D eigenvalue weighted by Crippen LogP contribution is 2.36. The van der Waals surface area contributed by atoms with Gasteiger partial charge in [0.15, 0.2) is 37.7 Å². The predicted octanol–water partition coefficient (Wildman–Crippen LogP) is -13.8. The number of rotatable bonds is 18. The average Bonchev–Trinajstić information content (AvgIpc) is 3.35. The molecule has 6 aliphatic heterocycles. The summed E-state index contributed by atoms with van der Waals surface area (Å²) in [6.45, 7) is -3.54. The van der Waals surface area contributed by atoms with Crippen LogP contribution in [0, 0.1) is 0 Å². The molecule has 1 unspecified atom stereocenters. The Kier molecular flexibility index (Phi) is 21.3. The molecule has 6 rings (SSSR count). The van der Waals surface area contributed by atoms with E-state index in [1.54, 1.807) is 0 Å². The Labute approximate surface area is 413 Å². The first-order valence-corrected chi connectivity index (χ1v) is 23.1. The van der Waals surface area contributed by atoms with Crippen LogP contribution in [0.1, 0.15) is 13.8 Å². The number of aliphatic hydroxyl groups excluding tert-OH is 18. The van der Waals surface area contributed by atoms with E-state index in [1.165, 1.54) is 0 Å². The van der Waals surface area contributed by atoms with Crippen LogP contribution in [-0.2, 0) is 61.7 Å². The van der Waals surface area contributed by atoms with Crippen LogP contribution in [0.2, 0.25) is 0 Å². The lowest BCUT2D eigenvalue weighted by atomic mass is 9.94. The van der Waals surface area contributed by atoms with Crippen LogP contribution >= 0.6 is 0 Å². The minimum atomic E-state index is -2.27. The highest BCUT2D eigenvalue weighted by Gasteiger charge is 2.57. The van der Waals surface area contributed by atoms with E-state index in [-0.39, 0.29) is 0 Å². The fraction of sp³-hybridized carbons (Fsp3) is 0.950. The molecule has 0 radical (unpaired) electrons. The van der Waals surface area contributed by atoms with E-state index in [2.05, 4.69) is 10.6 Å². The summed E-state index contributed by atoms with van der Waals surface area (Å²) in [5.74, 6) is -1.67. The van der Waals surface area contributed by atoms with Gasteiger partial charge in [0.1, 0.15) is 146 Å². The minimum absolute atomic E-state index is 0.808. The van der Waals surface area contributed by atoms with Gasteiger partial charge in [-0.1, -0.05) is 0 Å². The lowest BCUT2D eigenvalue weighted by molar-refractivity contribution is -0.387. The molecule has 424 valence electrons. The van der Waals surface area contributed by atoms with Gasteiger partial charge in [0.2, 0.25) is 11.8 Å². The second-order valence-corrected chi connectivity index (χ2v) is 18.3. The van der Waals surface area contributed by atoms with Crippen molar-refractivity contribution in [2.24, 2.45) is 0 Å². The summed E-state index contributed by atoms with van der Waals surface area (Å²) in [6.07, 6.45) is -53.1. The summed E-state index contributed by atoms with van der Waals surface area (Å²) in [4.78, 5) is 25.0. The van der Waals surface area contributed by atoms with Gasteiger partial charge in [0.05, 0.1) is 39.6 Å². The van der Waals surface area contributed by atoms with Crippen molar-refractivity contribution in [1.29, 1.82) is 0 Å². The molecule has 20 N–H and O–H groups in total. The van der Waals surface area contributed by atoms with Gasteiger partial charge in [-0.15, -0.1) is 0 Å². The summed E-state index contributed by atoms with van der Waals surface area (Å²) in [7, 11) is 0. The second-order valence-electron chi connectivity index (χ2n) is 18.3. The smallest absolute Gasteiger partial charge is 0.217 e. The van der Waals surface area contributed by atoms with Crippen molar-refractivity contribution >= 4 is 11.8 Å². The van der Waals surface area contributed by atoms with Crippen molar-refractivity contribution in [1.82, 2.24) is 10.6 Å². The van der Waals surface area contributed by atoms with E-state index >= 15 is 0 Å². The van der Waals surface area contributed by atoms with Crippen LogP contribution in [0.5, 0.6) is 0 Å². The highest BCUT2D eigenvalue weighted by molar-refractivity contribution is 5.73. The quantitative estimate of drug-likeness (QED) is 0.0606. The minimum Gasteiger partial charge on any atom is -0.394 e. The van der Waals surface area contributed by atoms with Gasteiger partial charge in [-0.25, -0.2) is 0 Å². The van der Waals surface area contributed by atoms with Crippen molar-refractivity contribution in [2.75, 3.05) is 39.6 Å². The zero-order valence-electron chi connectivity index (χ0n) is 38.9. The third-order valence-corrected chi connectivity index (χ3v) is 13.2. The number of amides is 2. The summed E-state index contributed by atoms with van der Waals surface area (Å²) in [6, 6.07) is -3.47. The van der Waals surface area contributed by atoms with Crippen molar-refractivity contribution in [3.63, 3.8) is 0 Å². The number of nitrogens with one attached hydrogen (secondary N) is 2. The van der Waals surface area contributed by atoms with Gasteiger partial charge in [-0.05, 0) is 0 Å². The fourth-order valence-corrected chi connectivity index (χ4v) is 9.21. The summed E-state index contributed by atoms with van der Waals surface area (Å²) in [5, 5.41) is 196. The molecule has 0 bridgehead atoms. The van der Waals surface area contributed by atoms with E-state index < -0.39 is 236 Å². The molecule has 0 aromatic rings. The Morgan fingerprint density at radius 1 is 0.356 bits per heavy atom. The van der Waals surface area contributed by atoms with E-state index in [4.69, 9.17) is 52.1 Å². The van der Waals surface area contributed by atoms with E-state index in [0.717, 1.165) is 13.8 Å². The van der Waals surface area contributed by atoms with Gasteiger partial charge in [-0.2, -0.15) is 0 Å². The van der Waals surface area contributed by atoms with Crippen LogP contribution < -0.4 is 10.6 Å². The van der Waals surface area contributed by atoms with Crippen molar-refractivity contribution in [3.8, 4) is 0 Å². The maximum absolute atomic E-state index is 12.6. The topological polar surface area (TPSA) is 524 Å². The van der Waals surface area contributed by atoms with E-state index in [0.29, 0.717) is 0 Å². The molecule has 2 amide bonds. The Hall–Kier alpha value is -2.22. The van der Waals surface area contributed by atoms with E-state index in [9.17, 15) is 102 Å². The highest BCUT2D eigenvalue weighted by atomic mass is 16.8. The van der Waals surface area contributed by atoms with Crippen LogP contribution in [-0.4, -0.2) is 327 Å². The zero-order chi connectivity index (χ0) is 53.9. The van der Waals surface area contributed by atoms with Crippen molar-refractivity contribution in [3.05, 3.63) is 0 Å². The van der Waals surface area contributed by atoms with Gasteiger partial charge >= 0.3 is 0 Å². The first-order chi connectivity index (χ1) is 34.5. The first-order valence-electron chi connectivity index (χ1n) is 23.1. The molecule has 0 aromatic carbocycles. The van der Waals surface area contributed by atoms with Gasteiger partial charge in [0, 0.05) is 13.8 Å². The zero-order valence-corrected chi connectivity index (χ0v) is 38.9. The Balaban J connectivity index is 1.27. The third-order valence-electron chi connectivity index (χ3n) is 13.2. The molecule has 0 saturated carbocycles. The lowest BCUT2D eigenvalue weighted by Gasteiger charge is -2.50. The lowest BCUT2D eigenvalue weighted by Crippen LogP contribution is -2.70. The Morgan fingerprint density at radius 3 is 1.16 bits per heavy atom. The molecule has 6 fully saturated rings. The predicted molar refractivity (Wildman–Crippen MR) is 222 cm³/mol. The Morgan fingerprint density at radius 2 is 0.712 bits per heavy atom. The van der Waals surface area contributed by atoms with Gasteiger partial charge in [-0.3, -0.25) is 9.59 Å².